The van der Waals surface area contributed by atoms with Crippen molar-refractivity contribution in [3.05, 3.63) is 72.3 Å². The zero-order valence-corrected chi connectivity index (χ0v) is 18.0. The molecule has 4 unspecified atom stereocenters. The molecular weight excluding hydrogens is 424 g/mol. The van der Waals surface area contributed by atoms with Crippen LogP contribution < -0.4 is 15.4 Å². The number of carbonyl (C=O) groups is 2. The van der Waals surface area contributed by atoms with Crippen LogP contribution in [0.25, 0.3) is 10.8 Å². The summed E-state index contributed by atoms with van der Waals surface area (Å²) in [6, 6.07) is 20.0. The van der Waals surface area contributed by atoms with E-state index < -0.39 is 18.3 Å². The van der Waals surface area contributed by atoms with Crippen molar-refractivity contribution in [3.63, 3.8) is 0 Å². The highest BCUT2D eigenvalue weighted by Crippen LogP contribution is 2.30. The highest BCUT2D eigenvalue weighted by Gasteiger charge is 2.50. The van der Waals surface area contributed by atoms with Gasteiger partial charge in [-0.05, 0) is 35.7 Å². The summed E-state index contributed by atoms with van der Waals surface area (Å²) in [5, 5.41) is 7.71. The molecule has 0 spiro atoms. The summed E-state index contributed by atoms with van der Waals surface area (Å²) in [7, 11) is 1.57. The van der Waals surface area contributed by atoms with Crippen LogP contribution in [0.15, 0.2) is 66.7 Å². The minimum Gasteiger partial charge on any atom is -0.497 e. The summed E-state index contributed by atoms with van der Waals surface area (Å²) in [6.07, 6.45) is -1.96. The van der Waals surface area contributed by atoms with E-state index >= 15 is 0 Å². The maximum Gasteiger partial charge on any atom is 0.412 e. The first-order valence-electron chi connectivity index (χ1n) is 10.8. The maximum atomic E-state index is 12.6. The Kier molecular flexibility index (Phi) is 5.85. The van der Waals surface area contributed by atoms with Gasteiger partial charge in [0.2, 0.25) is 0 Å². The third-order valence-electron chi connectivity index (χ3n) is 5.96. The summed E-state index contributed by atoms with van der Waals surface area (Å²) in [4.78, 5) is 25.2. The predicted octanol–water partition coefficient (Wildman–Crippen LogP) is 3.36. The van der Waals surface area contributed by atoms with Gasteiger partial charge in [-0.2, -0.15) is 0 Å². The lowest BCUT2D eigenvalue weighted by Gasteiger charge is -2.18. The molecule has 3 aromatic carbocycles. The molecule has 2 saturated heterocycles. The Bertz CT molecular complexity index is 1160. The molecule has 5 rings (SSSR count). The lowest BCUT2D eigenvalue weighted by Crippen LogP contribution is -2.44. The van der Waals surface area contributed by atoms with Crippen molar-refractivity contribution in [1.29, 1.82) is 0 Å². The monoisotopic (exact) mass is 448 g/mol. The van der Waals surface area contributed by atoms with Crippen molar-refractivity contribution in [2.45, 2.75) is 24.4 Å². The van der Waals surface area contributed by atoms with Crippen LogP contribution in [0.1, 0.15) is 10.4 Å². The van der Waals surface area contributed by atoms with E-state index in [1.54, 1.807) is 31.4 Å². The van der Waals surface area contributed by atoms with Crippen LogP contribution in [0.3, 0.4) is 0 Å². The fraction of sp³-hybridized carbons (Fsp3) is 0.280. The van der Waals surface area contributed by atoms with Gasteiger partial charge in [0, 0.05) is 10.9 Å². The molecule has 0 aromatic heterocycles. The minimum atomic E-state index is -0.574. The van der Waals surface area contributed by atoms with Crippen molar-refractivity contribution in [3.8, 4) is 5.75 Å². The quantitative estimate of drug-likeness (QED) is 0.622. The Balaban J connectivity index is 1.19. The summed E-state index contributed by atoms with van der Waals surface area (Å²) in [5.41, 5.74) is 1.19. The number of amides is 2. The maximum absolute atomic E-state index is 12.6. The molecule has 2 N–H and O–H groups in total. The average molecular weight is 448 g/mol. The zero-order chi connectivity index (χ0) is 22.8. The molecule has 0 aliphatic carbocycles. The minimum absolute atomic E-state index is 0.202. The van der Waals surface area contributed by atoms with Crippen LogP contribution in [0.5, 0.6) is 5.75 Å². The second kappa shape index (κ2) is 9.09. The Hall–Kier alpha value is -3.62. The van der Waals surface area contributed by atoms with Crippen LogP contribution in [-0.2, 0) is 14.2 Å². The van der Waals surface area contributed by atoms with Gasteiger partial charge in [0.1, 0.15) is 18.0 Å². The Morgan fingerprint density at radius 3 is 2.48 bits per heavy atom. The van der Waals surface area contributed by atoms with E-state index in [1.165, 1.54) is 0 Å². The molecule has 2 aliphatic rings. The fourth-order valence-electron chi connectivity index (χ4n) is 4.29. The van der Waals surface area contributed by atoms with Gasteiger partial charge in [0.25, 0.3) is 5.91 Å². The van der Waals surface area contributed by atoms with Gasteiger partial charge in [-0.15, -0.1) is 0 Å². The molecular formula is C25H24N2O6. The van der Waals surface area contributed by atoms with E-state index in [9.17, 15) is 9.59 Å². The van der Waals surface area contributed by atoms with Crippen molar-refractivity contribution in [2.24, 2.45) is 0 Å². The number of nitrogens with one attached hydrogen (secondary N) is 2. The van der Waals surface area contributed by atoms with Gasteiger partial charge in [-0.3, -0.25) is 10.1 Å². The normalized spacial score (nSPS) is 23.7. The molecule has 2 aliphatic heterocycles. The highest BCUT2D eigenvalue weighted by molar-refractivity contribution is 6.00. The number of fused-ring (bicyclic) bond motifs is 2. The molecule has 2 fully saturated rings. The molecule has 0 saturated carbocycles. The Labute approximate surface area is 190 Å². The number of hydrogen-bond acceptors (Lipinski definition) is 6. The van der Waals surface area contributed by atoms with E-state index in [1.807, 2.05) is 42.5 Å². The molecule has 2 heterocycles. The second-order valence-corrected chi connectivity index (χ2v) is 8.00. The first kappa shape index (κ1) is 21.2. The van der Waals surface area contributed by atoms with E-state index in [4.69, 9.17) is 18.9 Å². The smallest absolute Gasteiger partial charge is 0.412 e. The van der Waals surface area contributed by atoms with E-state index in [2.05, 4.69) is 10.6 Å². The molecule has 0 radical (unpaired) electrons. The van der Waals surface area contributed by atoms with Crippen LogP contribution in [-0.4, -0.2) is 56.7 Å². The standard InChI is InChI=1S/C25H24N2O6/c1-30-17-11-9-16(10-12-17)24(28)26-20-13-31-23-21(14-32-22(20)23)33-25(29)27-19-8-4-6-15-5-2-3-7-18(15)19/h2-12,20-23H,13-14H2,1H3,(H,26,28)(H,27,29). The van der Waals surface area contributed by atoms with E-state index in [0.717, 1.165) is 10.8 Å². The number of anilines is 1. The van der Waals surface area contributed by atoms with Crippen LogP contribution in [0.2, 0.25) is 0 Å². The number of methoxy groups -OCH3 is 1. The molecule has 8 heteroatoms. The second-order valence-electron chi connectivity index (χ2n) is 8.00. The van der Waals surface area contributed by atoms with Crippen molar-refractivity contribution in [2.75, 3.05) is 25.6 Å². The SMILES string of the molecule is COc1ccc(C(=O)NC2COC3C(OC(=O)Nc4cccc5ccccc45)COC23)cc1. The number of benzene rings is 3. The van der Waals surface area contributed by atoms with Crippen LogP contribution in [0.4, 0.5) is 10.5 Å². The first-order chi connectivity index (χ1) is 16.1. The fourth-order valence-corrected chi connectivity index (χ4v) is 4.29. The van der Waals surface area contributed by atoms with Crippen molar-refractivity contribution < 1.29 is 28.5 Å². The number of hydrogen-bond donors (Lipinski definition) is 2. The van der Waals surface area contributed by atoms with Crippen molar-refractivity contribution >= 4 is 28.5 Å². The summed E-state index contributed by atoms with van der Waals surface area (Å²) >= 11 is 0. The molecule has 0 bridgehead atoms. The average Bonchev–Trinajstić information content (AvgIpc) is 3.42. The summed E-state index contributed by atoms with van der Waals surface area (Å²) in [5.74, 6) is 0.449. The number of ether oxygens (including phenoxy) is 4. The lowest BCUT2D eigenvalue weighted by atomic mass is 10.1. The predicted molar refractivity (Wildman–Crippen MR) is 122 cm³/mol. The number of carbonyl (C=O) groups excluding carboxylic acids is 2. The third kappa shape index (κ3) is 4.35. The summed E-state index contributed by atoms with van der Waals surface area (Å²) in [6.45, 7) is 0.481. The lowest BCUT2D eigenvalue weighted by molar-refractivity contribution is 0.00862. The molecule has 33 heavy (non-hydrogen) atoms. The van der Waals surface area contributed by atoms with Gasteiger partial charge in [0.05, 0.1) is 32.1 Å². The zero-order valence-electron chi connectivity index (χ0n) is 18.0. The Morgan fingerprint density at radius 2 is 1.67 bits per heavy atom. The highest BCUT2D eigenvalue weighted by atomic mass is 16.6. The Morgan fingerprint density at radius 1 is 0.909 bits per heavy atom. The van der Waals surface area contributed by atoms with Gasteiger partial charge < -0.3 is 24.3 Å². The van der Waals surface area contributed by atoms with Crippen LogP contribution in [0, 0.1) is 0 Å². The van der Waals surface area contributed by atoms with E-state index in [0.29, 0.717) is 17.0 Å². The number of rotatable bonds is 5. The van der Waals surface area contributed by atoms with E-state index in [-0.39, 0.29) is 31.3 Å². The molecule has 3 aromatic rings. The van der Waals surface area contributed by atoms with Crippen molar-refractivity contribution in [1.82, 2.24) is 5.32 Å². The van der Waals surface area contributed by atoms with Gasteiger partial charge >= 0.3 is 6.09 Å². The van der Waals surface area contributed by atoms with Gasteiger partial charge in [-0.1, -0.05) is 36.4 Å². The molecule has 4 atom stereocenters. The third-order valence-corrected chi connectivity index (χ3v) is 5.96. The topological polar surface area (TPSA) is 95.1 Å². The molecule has 2 amide bonds. The largest absolute Gasteiger partial charge is 0.497 e. The summed E-state index contributed by atoms with van der Waals surface area (Å²) < 4.78 is 22.4. The van der Waals surface area contributed by atoms with Gasteiger partial charge in [0.15, 0.2) is 6.10 Å². The molecule has 8 nitrogen and oxygen atoms in total. The first-order valence-corrected chi connectivity index (χ1v) is 10.8. The van der Waals surface area contributed by atoms with Crippen LogP contribution >= 0.6 is 0 Å². The van der Waals surface area contributed by atoms with Gasteiger partial charge in [-0.25, -0.2) is 4.79 Å². The molecule has 170 valence electrons.